The molecule has 0 aliphatic carbocycles. The average Bonchev–Trinajstić information content (AvgIpc) is 2.77. The Bertz CT molecular complexity index is 409. The number of aliphatic hydroxyl groups excluding tert-OH is 2. The van der Waals surface area contributed by atoms with Crippen LogP contribution in [0.1, 0.15) is 31.2 Å². The van der Waals surface area contributed by atoms with Crippen molar-refractivity contribution in [2.45, 2.75) is 44.7 Å². The number of anilines is 2. The topological polar surface area (TPSA) is 69.7 Å². The first kappa shape index (κ1) is 14.2. The number of nitrogens with zero attached hydrogens (tertiary/aromatic N) is 1. The summed E-state index contributed by atoms with van der Waals surface area (Å²) >= 11 is 0. The van der Waals surface area contributed by atoms with Crippen molar-refractivity contribution in [3.63, 3.8) is 0 Å². The van der Waals surface area contributed by atoms with Gasteiger partial charge in [-0.1, -0.05) is 0 Å². The van der Waals surface area contributed by atoms with Gasteiger partial charge in [-0.15, -0.1) is 0 Å². The first-order valence-corrected chi connectivity index (χ1v) is 7.03. The Morgan fingerprint density at radius 2 is 1.74 bits per heavy atom. The molecule has 2 atom stereocenters. The molecule has 1 aromatic carbocycles. The molecule has 0 aromatic heterocycles. The molecule has 4 N–H and O–H groups in total. The SMILES string of the molecule is Cc1cc(N2C(CCO)CCC2CCO)ccc1N. The van der Waals surface area contributed by atoms with Crippen molar-refractivity contribution < 1.29 is 10.2 Å². The van der Waals surface area contributed by atoms with Crippen molar-refractivity contribution in [2.24, 2.45) is 0 Å². The fraction of sp³-hybridized carbons (Fsp3) is 0.600. The highest BCUT2D eigenvalue weighted by atomic mass is 16.3. The highest BCUT2D eigenvalue weighted by Crippen LogP contribution is 2.34. The molecular formula is C15H24N2O2. The minimum Gasteiger partial charge on any atom is -0.399 e. The molecule has 0 bridgehead atoms. The van der Waals surface area contributed by atoms with E-state index in [1.165, 1.54) is 0 Å². The highest BCUT2D eigenvalue weighted by Gasteiger charge is 2.32. The normalized spacial score (nSPS) is 23.0. The van der Waals surface area contributed by atoms with E-state index < -0.39 is 0 Å². The summed E-state index contributed by atoms with van der Waals surface area (Å²) in [6, 6.07) is 6.82. The second kappa shape index (κ2) is 6.26. The summed E-state index contributed by atoms with van der Waals surface area (Å²) in [6.45, 7) is 2.43. The minimum atomic E-state index is 0.209. The molecule has 106 valence electrons. The number of hydrogen-bond donors (Lipinski definition) is 3. The van der Waals surface area contributed by atoms with Crippen LogP contribution in [0.15, 0.2) is 18.2 Å². The molecule has 4 nitrogen and oxygen atoms in total. The maximum Gasteiger partial charge on any atom is 0.0450 e. The zero-order valence-corrected chi connectivity index (χ0v) is 11.5. The molecule has 1 aliphatic rings. The first-order valence-electron chi connectivity index (χ1n) is 7.03. The van der Waals surface area contributed by atoms with E-state index in [0.717, 1.165) is 42.6 Å². The molecule has 1 aromatic rings. The third-order valence-corrected chi connectivity index (χ3v) is 4.10. The van der Waals surface area contributed by atoms with Gasteiger partial charge in [-0.05, 0) is 56.4 Å². The number of nitrogen functional groups attached to an aromatic ring is 1. The van der Waals surface area contributed by atoms with E-state index in [1.807, 2.05) is 19.1 Å². The zero-order valence-electron chi connectivity index (χ0n) is 11.5. The molecule has 2 unspecified atom stereocenters. The molecule has 2 rings (SSSR count). The molecule has 1 fully saturated rings. The van der Waals surface area contributed by atoms with E-state index in [4.69, 9.17) is 5.73 Å². The third kappa shape index (κ3) is 3.01. The van der Waals surface area contributed by atoms with Crippen LogP contribution in [-0.2, 0) is 0 Å². The fourth-order valence-corrected chi connectivity index (χ4v) is 3.07. The number of hydrogen-bond acceptors (Lipinski definition) is 4. The smallest absolute Gasteiger partial charge is 0.0450 e. The summed E-state index contributed by atoms with van der Waals surface area (Å²) in [6.07, 6.45) is 3.72. The Hall–Kier alpha value is -1.26. The second-order valence-corrected chi connectivity index (χ2v) is 5.36. The number of benzene rings is 1. The number of rotatable bonds is 5. The van der Waals surface area contributed by atoms with E-state index in [-0.39, 0.29) is 13.2 Å². The lowest BCUT2D eigenvalue weighted by molar-refractivity contribution is 0.268. The standard InChI is InChI=1S/C15H24N2O2/c1-11-10-14(4-5-15(11)16)17-12(6-8-18)2-3-13(17)7-9-19/h4-5,10,12-13,18-19H,2-3,6-9,16H2,1H3. The molecule has 0 amide bonds. The third-order valence-electron chi connectivity index (χ3n) is 4.10. The van der Waals surface area contributed by atoms with Gasteiger partial charge >= 0.3 is 0 Å². The lowest BCUT2D eigenvalue weighted by Crippen LogP contribution is -2.37. The second-order valence-electron chi connectivity index (χ2n) is 5.36. The van der Waals surface area contributed by atoms with Gasteiger partial charge in [0.1, 0.15) is 0 Å². The summed E-state index contributed by atoms with van der Waals surface area (Å²) in [5, 5.41) is 18.4. The molecule has 1 saturated heterocycles. The largest absolute Gasteiger partial charge is 0.399 e. The molecule has 1 heterocycles. The first-order chi connectivity index (χ1) is 9.17. The number of nitrogens with two attached hydrogens (primary N) is 1. The Morgan fingerprint density at radius 1 is 1.16 bits per heavy atom. The van der Waals surface area contributed by atoms with Crippen LogP contribution < -0.4 is 10.6 Å². The molecule has 0 spiro atoms. The monoisotopic (exact) mass is 264 g/mol. The average molecular weight is 264 g/mol. The molecule has 1 aliphatic heterocycles. The van der Waals surface area contributed by atoms with Crippen LogP contribution in [0.5, 0.6) is 0 Å². The van der Waals surface area contributed by atoms with Gasteiger partial charge in [0.2, 0.25) is 0 Å². The number of aryl methyl sites for hydroxylation is 1. The van der Waals surface area contributed by atoms with E-state index in [2.05, 4.69) is 11.0 Å². The fourth-order valence-electron chi connectivity index (χ4n) is 3.07. The summed E-state index contributed by atoms with van der Waals surface area (Å²) in [5.41, 5.74) is 8.91. The summed E-state index contributed by atoms with van der Waals surface area (Å²) in [7, 11) is 0. The van der Waals surface area contributed by atoms with E-state index in [1.54, 1.807) is 0 Å². The summed E-state index contributed by atoms with van der Waals surface area (Å²) in [4.78, 5) is 2.36. The van der Waals surface area contributed by atoms with Crippen molar-refractivity contribution in [3.8, 4) is 0 Å². The van der Waals surface area contributed by atoms with Crippen molar-refractivity contribution in [2.75, 3.05) is 23.8 Å². The summed E-state index contributed by atoms with van der Waals surface area (Å²) < 4.78 is 0. The van der Waals surface area contributed by atoms with Crippen LogP contribution in [-0.4, -0.2) is 35.5 Å². The number of aliphatic hydroxyl groups is 2. The van der Waals surface area contributed by atoms with Gasteiger partial charge in [0.05, 0.1) is 0 Å². The van der Waals surface area contributed by atoms with E-state index in [0.29, 0.717) is 12.1 Å². The predicted molar refractivity (Wildman–Crippen MR) is 78.3 cm³/mol. The molecule has 19 heavy (non-hydrogen) atoms. The van der Waals surface area contributed by atoms with E-state index >= 15 is 0 Å². The maximum atomic E-state index is 9.21. The van der Waals surface area contributed by atoms with Gasteiger partial charge in [0, 0.05) is 36.7 Å². The molecule has 4 heteroatoms. The van der Waals surface area contributed by atoms with Gasteiger partial charge in [-0.3, -0.25) is 0 Å². The van der Waals surface area contributed by atoms with Gasteiger partial charge in [-0.25, -0.2) is 0 Å². The highest BCUT2D eigenvalue weighted by molar-refractivity contribution is 5.59. The van der Waals surface area contributed by atoms with E-state index in [9.17, 15) is 10.2 Å². The van der Waals surface area contributed by atoms with Gasteiger partial charge in [0.25, 0.3) is 0 Å². The lowest BCUT2D eigenvalue weighted by Gasteiger charge is -2.32. The Morgan fingerprint density at radius 3 is 2.21 bits per heavy atom. The predicted octanol–water partition coefficient (Wildman–Crippen LogP) is 1.68. The van der Waals surface area contributed by atoms with Crippen molar-refractivity contribution >= 4 is 11.4 Å². The zero-order chi connectivity index (χ0) is 13.8. The Labute approximate surface area is 114 Å². The van der Waals surface area contributed by atoms with Crippen LogP contribution >= 0.6 is 0 Å². The van der Waals surface area contributed by atoms with Gasteiger partial charge in [-0.2, -0.15) is 0 Å². The van der Waals surface area contributed by atoms with Crippen LogP contribution in [0, 0.1) is 6.92 Å². The van der Waals surface area contributed by atoms with Gasteiger partial charge < -0.3 is 20.8 Å². The lowest BCUT2D eigenvalue weighted by atomic mass is 10.1. The molecule has 0 saturated carbocycles. The van der Waals surface area contributed by atoms with Gasteiger partial charge in [0.15, 0.2) is 0 Å². The van der Waals surface area contributed by atoms with Crippen molar-refractivity contribution in [1.29, 1.82) is 0 Å². The Kier molecular flexibility index (Phi) is 4.66. The quantitative estimate of drug-likeness (QED) is 0.708. The maximum absolute atomic E-state index is 9.21. The Balaban J connectivity index is 2.26. The van der Waals surface area contributed by atoms with Crippen LogP contribution in [0.3, 0.4) is 0 Å². The van der Waals surface area contributed by atoms with Crippen LogP contribution in [0.25, 0.3) is 0 Å². The van der Waals surface area contributed by atoms with Crippen LogP contribution in [0.2, 0.25) is 0 Å². The molecule has 0 radical (unpaired) electrons. The minimum absolute atomic E-state index is 0.209. The molecular weight excluding hydrogens is 240 g/mol. The van der Waals surface area contributed by atoms with Crippen molar-refractivity contribution in [1.82, 2.24) is 0 Å². The van der Waals surface area contributed by atoms with Crippen molar-refractivity contribution in [3.05, 3.63) is 23.8 Å². The van der Waals surface area contributed by atoms with Crippen LogP contribution in [0.4, 0.5) is 11.4 Å². The summed E-state index contributed by atoms with van der Waals surface area (Å²) in [5.74, 6) is 0.